The highest BCUT2D eigenvalue weighted by Crippen LogP contribution is 2.44. The molecule has 1 aliphatic carbocycles. The van der Waals surface area contributed by atoms with Crippen molar-refractivity contribution in [2.75, 3.05) is 6.54 Å². The van der Waals surface area contributed by atoms with Gasteiger partial charge >= 0.3 is 0 Å². The van der Waals surface area contributed by atoms with Crippen LogP contribution in [0.5, 0.6) is 0 Å². The maximum Gasteiger partial charge on any atom is 0.114 e. The zero-order chi connectivity index (χ0) is 8.60. The summed E-state index contributed by atoms with van der Waals surface area (Å²) < 4.78 is 5.48. The summed E-state index contributed by atoms with van der Waals surface area (Å²) in [5.74, 6) is 1.12. The molecular weight excluding hydrogens is 150 g/mol. The van der Waals surface area contributed by atoms with Crippen molar-refractivity contribution in [3.8, 4) is 0 Å². The summed E-state index contributed by atoms with van der Waals surface area (Å²) in [5.41, 5.74) is 7.21. The van der Waals surface area contributed by atoms with Crippen LogP contribution >= 0.6 is 0 Å². The zero-order valence-corrected chi connectivity index (χ0v) is 7.47. The van der Waals surface area contributed by atoms with Crippen molar-refractivity contribution in [2.45, 2.75) is 31.6 Å². The number of nitrogens with two attached hydrogens (primary N) is 1. The van der Waals surface area contributed by atoms with E-state index in [-0.39, 0.29) is 5.41 Å². The molecule has 0 aliphatic heterocycles. The second kappa shape index (κ2) is 2.63. The summed E-state index contributed by atoms with van der Waals surface area (Å²) in [6.45, 7) is 2.82. The summed E-state index contributed by atoms with van der Waals surface area (Å²) in [5, 5.41) is 0. The van der Waals surface area contributed by atoms with Gasteiger partial charge in [-0.3, -0.25) is 0 Å². The molecule has 12 heavy (non-hydrogen) atoms. The molecule has 2 heteroatoms. The van der Waals surface area contributed by atoms with Crippen LogP contribution in [0.15, 0.2) is 16.7 Å². The molecule has 0 saturated heterocycles. The highest BCUT2D eigenvalue weighted by Gasteiger charge is 2.40. The molecule has 1 aromatic heterocycles. The molecule has 66 valence electrons. The van der Waals surface area contributed by atoms with E-state index in [0.29, 0.717) is 0 Å². The van der Waals surface area contributed by atoms with E-state index in [1.807, 2.05) is 6.07 Å². The summed E-state index contributed by atoms with van der Waals surface area (Å²) >= 11 is 0. The maximum absolute atomic E-state index is 5.77. The molecule has 0 aromatic carbocycles. The van der Waals surface area contributed by atoms with Gasteiger partial charge in [0, 0.05) is 12.0 Å². The molecule has 0 radical (unpaired) electrons. The Labute approximate surface area is 72.7 Å². The molecule has 2 nitrogen and oxygen atoms in total. The Morgan fingerprint density at radius 3 is 2.67 bits per heavy atom. The molecule has 0 unspecified atom stereocenters. The van der Waals surface area contributed by atoms with E-state index in [1.54, 1.807) is 6.26 Å². The Hall–Kier alpha value is -0.760. The van der Waals surface area contributed by atoms with E-state index in [2.05, 4.69) is 6.92 Å². The minimum atomic E-state index is 0.188. The zero-order valence-electron chi connectivity index (χ0n) is 7.47. The molecule has 0 spiro atoms. The fourth-order valence-corrected chi connectivity index (χ4v) is 2.04. The van der Waals surface area contributed by atoms with E-state index in [0.717, 1.165) is 12.3 Å². The highest BCUT2D eigenvalue weighted by atomic mass is 16.3. The Morgan fingerprint density at radius 2 is 2.33 bits per heavy atom. The van der Waals surface area contributed by atoms with Crippen LogP contribution in [0.1, 0.15) is 30.6 Å². The predicted molar refractivity (Wildman–Crippen MR) is 48.0 cm³/mol. The van der Waals surface area contributed by atoms with E-state index in [9.17, 15) is 0 Å². The minimum absolute atomic E-state index is 0.188. The number of hydrogen-bond donors (Lipinski definition) is 1. The molecule has 1 aromatic rings. The molecular formula is C10H15NO. The molecule has 1 fully saturated rings. The Kier molecular flexibility index (Phi) is 1.72. The third-order valence-corrected chi connectivity index (χ3v) is 3.05. The van der Waals surface area contributed by atoms with Gasteiger partial charge in [-0.15, -0.1) is 0 Å². The smallest absolute Gasteiger partial charge is 0.114 e. The van der Waals surface area contributed by atoms with Crippen LogP contribution in [0.3, 0.4) is 0 Å². The van der Waals surface area contributed by atoms with Crippen molar-refractivity contribution in [2.24, 2.45) is 5.73 Å². The van der Waals surface area contributed by atoms with E-state index in [4.69, 9.17) is 10.2 Å². The van der Waals surface area contributed by atoms with Gasteiger partial charge in [0.2, 0.25) is 0 Å². The predicted octanol–water partition coefficient (Wildman–Crippen LogP) is 1.97. The molecule has 0 bridgehead atoms. The van der Waals surface area contributed by atoms with Crippen LogP contribution < -0.4 is 5.73 Å². The van der Waals surface area contributed by atoms with Crippen LogP contribution in [0.2, 0.25) is 0 Å². The van der Waals surface area contributed by atoms with Crippen molar-refractivity contribution >= 4 is 0 Å². The first-order chi connectivity index (χ1) is 5.78. The van der Waals surface area contributed by atoms with Crippen molar-refractivity contribution < 1.29 is 4.42 Å². The summed E-state index contributed by atoms with van der Waals surface area (Å²) in [6, 6.07) is 2.02. The van der Waals surface area contributed by atoms with Gasteiger partial charge in [-0.2, -0.15) is 0 Å². The topological polar surface area (TPSA) is 39.2 Å². The molecule has 0 amide bonds. The van der Waals surface area contributed by atoms with Gasteiger partial charge < -0.3 is 10.2 Å². The van der Waals surface area contributed by atoms with E-state index in [1.165, 1.54) is 24.8 Å². The second-order valence-corrected chi connectivity index (χ2v) is 3.77. The lowest BCUT2D eigenvalue weighted by Crippen LogP contribution is -2.41. The lowest BCUT2D eigenvalue weighted by Gasteiger charge is -2.39. The Bertz CT molecular complexity index is 268. The first kappa shape index (κ1) is 7.87. The monoisotopic (exact) mass is 165 g/mol. The standard InChI is InChI=1S/C10H15NO/c1-8-3-6-12-9(8)10(7-11)4-2-5-10/h3,6H,2,4-5,7,11H2,1H3. The minimum Gasteiger partial charge on any atom is -0.468 e. The van der Waals surface area contributed by atoms with Crippen molar-refractivity contribution in [1.82, 2.24) is 0 Å². The van der Waals surface area contributed by atoms with Gasteiger partial charge in [0.1, 0.15) is 5.76 Å². The van der Waals surface area contributed by atoms with Crippen LogP contribution in [-0.2, 0) is 5.41 Å². The SMILES string of the molecule is Cc1ccoc1C1(CN)CCC1. The van der Waals surface area contributed by atoms with Gasteiger partial charge in [0.05, 0.1) is 6.26 Å². The lowest BCUT2D eigenvalue weighted by molar-refractivity contribution is 0.207. The molecule has 1 saturated carbocycles. The first-order valence-corrected chi connectivity index (χ1v) is 4.53. The van der Waals surface area contributed by atoms with Crippen LogP contribution in [0.4, 0.5) is 0 Å². The van der Waals surface area contributed by atoms with Crippen LogP contribution in [0.25, 0.3) is 0 Å². The van der Waals surface area contributed by atoms with Gasteiger partial charge in [0.25, 0.3) is 0 Å². The maximum atomic E-state index is 5.77. The quantitative estimate of drug-likeness (QED) is 0.727. The fraction of sp³-hybridized carbons (Fsp3) is 0.600. The Morgan fingerprint density at radius 1 is 1.58 bits per heavy atom. The van der Waals surface area contributed by atoms with E-state index >= 15 is 0 Å². The van der Waals surface area contributed by atoms with E-state index < -0.39 is 0 Å². The number of rotatable bonds is 2. The second-order valence-electron chi connectivity index (χ2n) is 3.77. The van der Waals surface area contributed by atoms with Crippen molar-refractivity contribution in [3.05, 3.63) is 23.7 Å². The van der Waals surface area contributed by atoms with Crippen molar-refractivity contribution in [1.29, 1.82) is 0 Å². The normalized spacial score (nSPS) is 20.5. The molecule has 2 rings (SSSR count). The first-order valence-electron chi connectivity index (χ1n) is 4.53. The third-order valence-electron chi connectivity index (χ3n) is 3.05. The number of furan rings is 1. The summed E-state index contributed by atoms with van der Waals surface area (Å²) in [4.78, 5) is 0. The van der Waals surface area contributed by atoms with Crippen molar-refractivity contribution in [3.63, 3.8) is 0 Å². The molecule has 1 aliphatic rings. The fourth-order valence-electron chi connectivity index (χ4n) is 2.04. The lowest BCUT2D eigenvalue weighted by atomic mass is 9.66. The van der Waals surface area contributed by atoms with Crippen LogP contribution in [0, 0.1) is 6.92 Å². The number of hydrogen-bond acceptors (Lipinski definition) is 2. The molecule has 1 heterocycles. The highest BCUT2D eigenvalue weighted by molar-refractivity contribution is 5.27. The summed E-state index contributed by atoms with van der Waals surface area (Å²) in [7, 11) is 0. The largest absolute Gasteiger partial charge is 0.468 e. The average Bonchev–Trinajstić information content (AvgIpc) is 2.36. The molecule has 2 N–H and O–H groups in total. The molecule has 0 atom stereocenters. The summed E-state index contributed by atoms with van der Waals surface area (Å²) in [6.07, 6.45) is 5.44. The van der Waals surface area contributed by atoms with Gasteiger partial charge in [-0.25, -0.2) is 0 Å². The van der Waals surface area contributed by atoms with Crippen LogP contribution in [-0.4, -0.2) is 6.54 Å². The third kappa shape index (κ3) is 0.911. The van der Waals surface area contributed by atoms with Gasteiger partial charge in [-0.05, 0) is 31.4 Å². The Balaban J connectivity index is 2.33. The van der Waals surface area contributed by atoms with Gasteiger partial charge in [0.15, 0.2) is 0 Å². The van der Waals surface area contributed by atoms with Gasteiger partial charge in [-0.1, -0.05) is 6.42 Å². The average molecular weight is 165 g/mol. The number of aryl methyl sites for hydroxylation is 1.